The van der Waals surface area contributed by atoms with E-state index in [4.69, 9.17) is 45.1 Å². The summed E-state index contributed by atoms with van der Waals surface area (Å²) in [5, 5.41) is 5.46. The van der Waals surface area contributed by atoms with Gasteiger partial charge in [0.2, 0.25) is 0 Å². The average molecular weight is 579 g/mol. The molecule has 0 unspecified atom stereocenters. The van der Waals surface area contributed by atoms with Crippen molar-refractivity contribution < 1.29 is 4.74 Å². The molecular weight excluding hydrogens is 549 g/mol. The van der Waals surface area contributed by atoms with Crippen LogP contribution in [0.25, 0.3) is 5.69 Å². The number of anilines is 2. The highest BCUT2D eigenvalue weighted by Crippen LogP contribution is 2.44. The lowest BCUT2D eigenvalue weighted by Gasteiger charge is -2.31. The van der Waals surface area contributed by atoms with Gasteiger partial charge in [-0.25, -0.2) is 0 Å². The van der Waals surface area contributed by atoms with Crippen molar-refractivity contribution in [2.24, 2.45) is 0 Å². The van der Waals surface area contributed by atoms with Gasteiger partial charge in [-0.1, -0.05) is 29.3 Å². The third-order valence-corrected chi connectivity index (χ3v) is 8.39. The molecule has 0 aliphatic carbocycles. The number of pyridine rings is 1. The summed E-state index contributed by atoms with van der Waals surface area (Å²) in [6.45, 7) is 7.52. The molecule has 2 aliphatic heterocycles. The molecule has 2 aliphatic rings. The van der Waals surface area contributed by atoms with E-state index in [1.807, 2.05) is 36.5 Å². The Hall–Kier alpha value is -3.10. The first-order valence-electron chi connectivity index (χ1n) is 13.0. The Labute approximate surface area is 244 Å². The van der Waals surface area contributed by atoms with Gasteiger partial charge in [-0.3, -0.25) is 4.98 Å². The minimum atomic E-state index is -0.132. The van der Waals surface area contributed by atoms with Crippen molar-refractivity contribution in [3.63, 3.8) is 0 Å². The van der Waals surface area contributed by atoms with E-state index >= 15 is 0 Å². The van der Waals surface area contributed by atoms with Crippen LogP contribution in [-0.4, -0.2) is 41.0 Å². The van der Waals surface area contributed by atoms with Gasteiger partial charge in [-0.05, 0) is 92.3 Å². The second-order valence-corrected chi connectivity index (χ2v) is 11.1. The Morgan fingerprint density at radius 1 is 0.949 bits per heavy atom. The zero-order valence-corrected chi connectivity index (χ0v) is 24.1. The Bertz CT molecular complexity index is 1500. The SMILES string of the molecule is Cc1cc([C@H]2[C@@H](c3ccccn3)NC(=S)N2c2ccc(N3CCOCC3)cc2)c(C)n1-c1ccc(Cl)cc1Cl. The molecule has 4 aromatic rings. The van der Waals surface area contributed by atoms with Crippen molar-refractivity contribution in [3.05, 3.63) is 106 Å². The summed E-state index contributed by atoms with van der Waals surface area (Å²) in [7, 11) is 0. The third kappa shape index (κ3) is 4.89. The van der Waals surface area contributed by atoms with E-state index in [0.717, 1.165) is 60.3 Å². The number of thiocarbonyl (C=S) groups is 1. The van der Waals surface area contributed by atoms with Gasteiger partial charge in [0, 0.05) is 47.1 Å². The fourth-order valence-electron chi connectivity index (χ4n) is 5.71. The molecule has 0 bridgehead atoms. The van der Waals surface area contributed by atoms with Crippen molar-refractivity contribution >= 4 is 51.9 Å². The van der Waals surface area contributed by atoms with Crippen LogP contribution in [-0.2, 0) is 4.74 Å². The fraction of sp³-hybridized carbons (Fsp3) is 0.267. The van der Waals surface area contributed by atoms with Crippen LogP contribution >= 0.6 is 35.4 Å². The highest BCUT2D eigenvalue weighted by Gasteiger charge is 2.42. The summed E-state index contributed by atoms with van der Waals surface area (Å²) >= 11 is 18.8. The summed E-state index contributed by atoms with van der Waals surface area (Å²) in [4.78, 5) is 9.27. The zero-order chi connectivity index (χ0) is 27.1. The van der Waals surface area contributed by atoms with Crippen molar-refractivity contribution in [2.45, 2.75) is 25.9 Å². The molecule has 2 aromatic heterocycles. The van der Waals surface area contributed by atoms with Crippen molar-refractivity contribution in [3.8, 4) is 5.69 Å². The molecule has 2 atom stereocenters. The van der Waals surface area contributed by atoms with Crippen LogP contribution in [0.1, 0.15) is 34.7 Å². The molecule has 200 valence electrons. The number of morpholine rings is 1. The summed E-state index contributed by atoms with van der Waals surface area (Å²) < 4.78 is 7.71. The smallest absolute Gasteiger partial charge is 0.174 e. The van der Waals surface area contributed by atoms with Gasteiger partial charge in [0.05, 0.1) is 41.7 Å². The van der Waals surface area contributed by atoms with Gasteiger partial charge >= 0.3 is 0 Å². The molecule has 4 heterocycles. The molecule has 6 nitrogen and oxygen atoms in total. The first-order chi connectivity index (χ1) is 18.9. The van der Waals surface area contributed by atoms with Crippen molar-refractivity contribution in [2.75, 3.05) is 36.1 Å². The maximum Gasteiger partial charge on any atom is 0.174 e. The summed E-state index contributed by atoms with van der Waals surface area (Å²) in [5.74, 6) is 0. The second-order valence-electron chi connectivity index (χ2n) is 9.87. The molecule has 0 radical (unpaired) electrons. The predicted octanol–water partition coefficient (Wildman–Crippen LogP) is 6.81. The molecule has 0 saturated carbocycles. The Kier molecular flexibility index (Phi) is 7.25. The van der Waals surface area contributed by atoms with E-state index in [1.54, 1.807) is 6.07 Å². The normalized spacial score (nSPS) is 19.4. The van der Waals surface area contributed by atoms with Gasteiger partial charge in [0.1, 0.15) is 0 Å². The van der Waals surface area contributed by atoms with Gasteiger partial charge in [0.25, 0.3) is 0 Å². The van der Waals surface area contributed by atoms with Crippen LogP contribution < -0.4 is 15.1 Å². The Morgan fingerprint density at radius 3 is 2.38 bits per heavy atom. The largest absolute Gasteiger partial charge is 0.378 e. The first kappa shape index (κ1) is 26.1. The van der Waals surface area contributed by atoms with Gasteiger partial charge in [-0.15, -0.1) is 0 Å². The number of nitrogens with one attached hydrogen (secondary N) is 1. The number of rotatable bonds is 5. The maximum absolute atomic E-state index is 6.66. The standard InChI is InChI=1S/C30H29Cl2N5OS/c1-19-17-24(20(2)36(19)27-11-6-21(31)18-25(27)32)29-28(26-5-3-4-12-33-26)34-30(39)37(29)23-9-7-22(8-10-23)35-13-15-38-16-14-35/h3-12,17-18,28-29H,13-16H2,1-2H3,(H,34,39)/t28-,29+/m1/s1. The minimum Gasteiger partial charge on any atom is -0.378 e. The summed E-state index contributed by atoms with van der Waals surface area (Å²) in [5.41, 5.74) is 7.36. The lowest BCUT2D eigenvalue weighted by atomic mass is 9.96. The second kappa shape index (κ2) is 10.8. The Morgan fingerprint density at radius 2 is 1.69 bits per heavy atom. The number of halogens is 2. The topological polar surface area (TPSA) is 45.6 Å². The summed E-state index contributed by atoms with van der Waals surface area (Å²) in [6.07, 6.45) is 1.83. The first-order valence-corrected chi connectivity index (χ1v) is 14.2. The minimum absolute atomic E-state index is 0.118. The van der Waals surface area contributed by atoms with E-state index in [1.165, 1.54) is 5.69 Å². The van der Waals surface area contributed by atoms with Crippen LogP contribution in [0.3, 0.4) is 0 Å². The fourth-order valence-corrected chi connectivity index (χ4v) is 6.55. The number of aromatic nitrogens is 2. The van der Waals surface area contributed by atoms with Crippen LogP contribution in [0, 0.1) is 13.8 Å². The zero-order valence-electron chi connectivity index (χ0n) is 21.8. The number of benzene rings is 2. The van der Waals surface area contributed by atoms with E-state index < -0.39 is 0 Å². The lowest BCUT2D eigenvalue weighted by molar-refractivity contribution is 0.122. The van der Waals surface area contributed by atoms with E-state index in [-0.39, 0.29) is 12.1 Å². The Balaban J connectivity index is 1.44. The van der Waals surface area contributed by atoms with Gasteiger partial charge in [-0.2, -0.15) is 0 Å². The van der Waals surface area contributed by atoms with E-state index in [9.17, 15) is 0 Å². The number of hydrogen-bond acceptors (Lipinski definition) is 4. The number of aryl methyl sites for hydroxylation is 1. The monoisotopic (exact) mass is 577 g/mol. The number of ether oxygens (including phenoxy) is 1. The lowest BCUT2D eigenvalue weighted by Crippen LogP contribution is -2.36. The quantitative estimate of drug-likeness (QED) is 0.263. The van der Waals surface area contributed by atoms with Crippen LogP contribution in [0.15, 0.2) is 72.9 Å². The van der Waals surface area contributed by atoms with Crippen LogP contribution in [0.2, 0.25) is 10.0 Å². The average Bonchev–Trinajstić information content (AvgIpc) is 3.45. The molecule has 6 rings (SSSR count). The van der Waals surface area contributed by atoms with Crippen molar-refractivity contribution in [1.82, 2.24) is 14.9 Å². The van der Waals surface area contributed by atoms with E-state index in [2.05, 4.69) is 63.9 Å². The molecule has 1 N–H and O–H groups in total. The van der Waals surface area contributed by atoms with Crippen molar-refractivity contribution in [1.29, 1.82) is 0 Å². The predicted molar refractivity (Wildman–Crippen MR) is 163 cm³/mol. The molecule has 39 heavy (non-hydrogen) atoms. The molecule has 2 saturated heterocycles. The van der Waals surface area contributed by atoms with Gasteiger partial charge in [0.15, 0.2) is 5.11 Å². The number of nitrogens with zero attached hydrogens (tertiary/aromatic N) is 4. The van der Waals surface area contributed by atoms with E-state index in [0.29, 0.717) is 15.2 Å². The van der Waals surface area contributed by atoms with Crippen LogP contribution in [0.4, 0.5) is 11.4 Å². The third-order valence-electron chi connectivity index (χ3n) is 7.54. The highest BCUT2D eigenvalue weighted by molar-refractivity contribution is 7.80. The highest BCUT2D eigenvalue weighted by atomic mass is 35.5. The molecular formula is C30H29Cl2N5OS. The molecule has 0 spiro atoms. The van der Waals surface area contributed by atoms with Crippen LogP contribution in [0.5, 0.6) is 0 Å². The molecule has 0 amide bonds. The summed E-state index contributed by atoms with van der Waals surface area (Å²) in [6, 6.07) is 22.2. The van der Waals surface area contributed by atoms with Gasteiger partial charge < -0.3 is 24.4 Å². The molecule has 9 heteroatoms. The molecule has 2 aromatic carbocycles. The maximum atomic E-state index is 6.66. The molecule has 2 fully saturated rings. The number of hydrogen-bond donors (Lipinski definition) is 1.